The molecule has 0 aromatic heterocycles. The van der Waals surface area contributed by atoms with Crippen molar-refractivity contribution >= 4 is 27.3 Å². The first-order valence-electron chi connectivity index (χ1n) is 12.6. The predicted octanol–water partition coefficient (Wildman–Crippen LogP) is 5.42. The topological polar surface area (TPSA) is 61.9 Å². The van der Waals surface area contributed by atoms with Gasteiger partial charge in [-0.25, -0.2) is 13.1 Å². The van der Waals surface area contributed by atoms with E-state index in [-0.39, 0.29) is 10.9 Å². The maximum absolute atomic E-state index is 13.0. The normalized spacial score (nSPS) is 21.7. The van der Waals surface area contributed by atoms with Gasteiger partial charge in [0.05, 0.1) is 23.3 Å². The van der Waals surface area contributed by atoms with E-state index in [4.69, 9.17) is 16.3 Å². The Balaban J connectivity index is 1.21. The summed E-state index contributed by atoms with van der Waals surface area (Å²) in [5.74, 6) is 1.33. The van der Waals surface area contributed by atoms with E-state index in [2.05, 4.69) is 14.5 Å². The smallest absolute Gasteiger partial charge is 0.416 e. The van der Waals surface area contributed by atoms with Gasteiger partial charge < -0.3 is 9.64 Å². The lowest BCUT2D eigenvalue weighted by molar-refractivity contribution is -0.137. The fraction of sp³-hybridized carbons (Fsp3) is 0.538. The standard InChI is InChI=1S/C26H33ClF3N3O3S/c1-36-25-10-7-21(27)18-24(25)33-15-13-32(14-16-33)12-11-19-5-8-22(9-6-19)31-37(34,35)23-4-2-3-20(17-23)26(28,29)30/h2-4,7,10,17-19,22,31H,5-6,8-9,11-16H2,1H3. The Kier molecular flexibility index (Phi) is 8.93. The second-order valence-electron chi connectivity index (χ2n) is 9.80. The molecule has 1 saturated heterocycles. The molecule has 37 heavy (non-hydrogen) atoms. The molecule has 6 nitrogen and oxygen atoms in total. The van der Waals surface area contributed by atoms with Crippen LogP contribution in [0.15, 0.2) is 47.4 Å². The average molecular weight is 560 g/mol. The van der Waals surface area contributed by atoms with Gasteiger partial charge in [0.2, 0.25) is 10.0 Å². The lowest BCUT2D eigenvalue weighted by Crippen LogP contribution is -2.47. The Morgan fingerprint density at radius 3 is 2.38 bits per heavy atom. The van der Waals surface area contributed by atoms with Crippen molar-refractivity contribution in [1.29, 1.82) is 0 Å². The van der Waals surface area contributed by atoms with Crippen molar-refractivity contribution in [3.63, 3.8) is 0 Å². The highest BCUT2D eigenvalue weighted by Gasteiger charge is 2.32. The van der Waals surface area contributed by atoms with Gasteiger partial charge in [0.1, 0.15) is 5.75 Å². The predicted molar refractivity (Wildman–Crippen MR) is 139 cm³/mol. The molecule has 1 N–H and O–H groups in total. The molecule has 2 aromatic carbocycles. The van der Waals surface area contributed by atoms with Crippen molar-refractivity contribution in [1.82, 2.24) is 9.62 Å². The molecule has 11 heteroatoms. The Bertz CT molecular complexity index is 1160. The molecule has 0 bridgehead atoms. The Labute approximate surface area is 221 Å². The van der Waals surface area contributed by atoms with E-state index < -0.39 is 21.8 Å². The number of ether oxygens (including phenoxy) is 1. The maximum Gasteiger partial charge on any atom is 0.416 e. The first-order valence-corrected chi connectivity index (χ1v) is 14.4. The molecule has 0 atom stereocenters. The largest absolute Gasteiger partial charge is 0.495 e. The average Bonchev–Trinajstić information content (AvgIpc) is 2.88. The molecule has 0 amide bonds. The van der Waals surface area contributed by atoms with Gasteiger partial charge in [0.15, 0.2) is 0 Å². The van der Waals surface area contributed by atoms with E-state index in [1.54, 1.807) is 7.11 Å². The molecule has 0 radical (unpaired) electrons. The molecule has 0 spiro atoms. The molecular formula is C26H33ClF3N3O3S. The van der Waals surface area contributed by atoms with E-state index in [1.807, 2.05) is 18.2 Å². The zero-order chi connectivity index (χ0) is 26.6. The van der Waals surface area contributed by atoms with Crippen LogP contribution < -0.4 is 14.4 Å². The number of hydrogen-bond donors (Lipinski definition) is 1. The molecule has 4 rings (SSSR count). The van der Waals surface area contributed by atoms with Crippen LogP contribution in [0.1, 0.15) is 37.7 Å². The molecule has 1 heterocycles. The summed E-state index contributed by atoms with van der Waals surface area (Å²) in [4.78, 5) is 4.40. The van der Waals surface area contributed by atoms with Crippen LogP contribution >= 0.6 is 11.6 Å². The number of halogens is 4. The summed E-state index contributed by atoms with van der Waals surface area (Å²) >= 11 is 6.19. The van der Waals surface area contributed by atoms with Gasteiger partial charge in [-0.2, -0.15) is 13.2 Å². The Morgan fingerprint density at radius 1 is 1.03 bits per heavy atom. The van der Waals surface area contributed by atoms with Crippen molar-refractivity contribution in [3.05, 3.63) is 53.1 Å². The molecule has 2 fully saturated rings. The van der Waals surface area contributed by atoms with Crippen LogP contribution in [0.5, 0.6) is 5.75 Å². The van der Waals surface area contributed by atoms with Gasteiger partial charge in [-0.15, -0.1) is 0 Å². The van der Waals surface area contributed by atoms with Crippen LogP contribution in [0.4, 0.5) is 18.9 Å². The summed E-state index contributed by atoms with van der Waals surface area (Å²) in [7, 11) is -2.34. The highest BCUT2D eigenvalue weighted by atomic mass is 35.5. The number of nitrogens with zero attached hydrogens (tertiary/aromatic N) is 2. The van der Waals surface area contributed by atoms with Gasteiger partial charge in [0.25, 0.3) is 0 Å². The molecule has 2 aromatic rings. The van der Waals surface area contributed by atoms with E-state index in [0.717, 1.165) is 75.6 Å². The number of piperazine rings is 1. The maximum atomic E-state index is 13.0. The summed E-state index contributed by atoms with van der Waals surface area (Å²) in [6.07, 6.45) is -0.368. The number of hydrogen-bond acceptors (Lipinski definition) is 5. The first kappa shape index (κ1) is 28.0. The quantitative estimate of drug-likeness (QED) is 0.468. The molecule has 0 unspecified atom stereocenters. The number of rotatable bonds is 8. The fourth-order valence-electron chi connectivity index (χ4n) is 5.18. The minimum absolute atomic E-state index is 0.257. The van der Waals surface area contributed by atoms with Crippen molar-refractivity contribution in [2.24, 2.45) is 5.92 Å². The first-order chi connectivity index (χ1) is 17.5. The van der Waals surface area contributed by atoms with Crippen LogP contribution in [0.2, 0.25) is 5.02 Å². The minimum atomic E-state index is -4.58. The molecular weight excluding hydrogens is 527 g/mol. The van der Waals surface area contributed by atoms with Gasteiger partial charge >= 0.3 is 6.18 Å². The lowest BCUT2D eigenvalue weighted by Gasteiger charge is -2.37. The molecule has 204 valence electrons. The molecule has 1 saturated carbocycles. The summed E-state index contributed by atoms with van der Waals surface area (Å²) < 4.78 is 72.4. The summed E-state index contributed by atoms with van der Waals surface area (Å²) in [5.41, 5.74) is 0.0483. The van der Waals surface area contributed by atoms with Crippen molar-refractivity contribution in [2.75, 3.05) is 44.7 Å². The second kappa shape index (κ2) is 11.8. The van der Waals surface area contributed by atoms with E-state index in [1.165, 1.54) is 6.07 Å². The number of alkyl halides is 3. The number of methoxy groups -OCH3 is 1. The summed E-state index contributed by atoms with van der Waals surface area (Å²) in [5, 5.41) is 0.686. The second-order valence-corrected chi connectivity index (χ2v) is 11.9. The Morgan fingerprint density at radius 2 is 1.73 bits per heavy atom. The third-order valence-corrected chi connectivity index (χ3v) is 9.10. The van der Waals surface area contributed by atoms with Gasteiger partial charge in [-0.05, 0) is 81.0 Å². The monoisotopic (exact) mass is 559 g/mol. The van der Waals surface area contributed by atoms with Crippen LogP contribution in [-0.2, 0) is 16.2 Å². The third kappa shape index (κ3) is 7.31. The minimum Gasteiger partial charge on any atom is -0.495 e. The SMILES string of the molecule is COc1ccc(Cl)cc1N1CCN(CCC2CCC(NS(=O)(=O)c3cccc(C(F)(F)F)c3)CC2)CC1. The Hall–Kier alpha value is -2.01. The lowest BCUT2D eigenvalue weighted by atomic mass is 9.84. The molecule has 1 aliphatic heterocycles. The van der Waals surface area contributed by atoms with Crippen LogP contribution in [-0.4, -0.2) is 59.2 Å². The van der Waals surface area contributed by atoms with Crippen LogP contribution in [0, 0.1) is 5.92 Å². The zero-order valence-corrected chi connectivity index (χ0v) is 22.4. The highest BCUT2D eigenvalue weighted by molar-refractivity contribution is 7.89. The zero-order valence-electron chi connectivity index (χ0n) is 20.8. The molecule has 1 aliphatic carbocycles. The van der Waals surface area contributed by atoms with Crippen LogP contribution in [0.25, 0.3) is 0 Å². The number of benzene rings is 2. The van der Waals surface area contributed by atoms with Gasteiger partial charge in [0, 0.05) is 37.2 Å². The molecule has 2 aliphatic rings. The highest BCUT2D eigenvalue weighted by Crippen LogP contribution is 2.33. The number of nitrogens with one attached hydrogen (secondary N) is 1. The summed E-state index contributed by atoms with van der Waals surface area (Å²) in [6, 6.07) is 9.28. The number of sulfonamides is 1. The van der Waals surface area contributed by atoms with Gasteiger partial charge in [-0.1, -0.05) is 17.7 Å². The van der Waals surface area contributed by atoms with Gasteiger partial charge in [-0.3, -0.25) is 4.90 Å². The number of anilines is 1. The van der Waals surface area contributed by atoms with E-state index in [0.29, 0.717) is 29.8 Å². The fourth-order valence-corrected chi connectivity index (χ4v) is 6.70. The van der Waals surface area contributed by atoms with E-state index >= 15 is 0 Å². The van der Waals surface area contributed by atoms with E-state index in [9.17, 15) is 21.6 Å². The third-order valence-electron chi connectivity index (χ3n) is 7.35. The van der Waals surface area contributed by atoms with Crippen LogP contribution in [0.3, 0.4) is 0 Å². The summed E-state index contributed by atoms with van der Waals surface area (Å²) in [6.45, 7) is 4.66. The van der Waals surface area contributed by atoms with Crippen molar-refractivity contribution in [3.8, 4) is 5.75 Å². The van der Waals surface area contributed by atoms with Crippen molar-refractivity contribution < 1.29 is 26.3 Å². The van der Waals surface area contributed by atoms with Crippen molar-refractivity contribution in [2.45, 2.75) is 49.2 Å².